The van der Waals surface area contributed by atoms with Gasteiger partial charge in [0.15, 0.2) is 0 Å². The van der Waals surface area contributed by atoms with Gasteiger partial charge in [0, 0.05) is 18.1 Å². The summed E-state index contributed by atoms with van der Waals surface area (Å²) in [7, 11) is -1.82. The molecular formula is C12H16BrNO3S. The van der Waals surface area contributed by atoms with Crippen LogP contribution in [0.4, 0.5) is 0 Å². The molecule has 1 aliphatic rings. The summed E-state index contributed by atoms with van der Waals surface area (Å²) in [6, 6.07) is 6.58. The Balaban J connectivity index is 2.05. The van der Waals surface area contributed by atoms with E-state index < -0.39 is 10.0 Å². The average Bonchev–Trinajstić information content (AvgIpc) is 2.29. The molecule has 0 atom stereocenters. The number of hydrogen-bond acceptors (Lipinski definition) is 3. The fourth-order valence-corrected chi connectivity index (χ4v) is 3.33. The molecule has 6 heteroatoms. The highest BCUT2D eigenvalue weighted by Gasteiger charge is 2.37. The second-order valence-electron chi connectivity index (χ2n) is 4.52. The lowest BCUT2D eigenvalue weighted by Gasteiger charge is -2.40. The third-order valence-electron chi connectivity index (χ3n) is 3.41. The van der Waals surface area contributed by atoms with Crippen LogP contribution in [0.3, 0.4) is 0 Å². The summed E-state index contributed by atoms with van der Waals surface area (Å²) >= 11 is 3.28. The van der Waals surface area contributed by atoms with Crippen LogP contribution in [-0.2, 0) is 14.8 Å². The molecule has 1 saturated carbocycles. The molecule has 0 saturated heterocycles. The van der Waals surface area contributed by atoms with Gasteiger partial charge < -0.3 is 4.74 Å². The van der Waals surface area contributed by atoms with Gasteiger partial charge in [0.05, 0.1) is 10.5 Å². The number of hydrogen-bond donors (Lipinski definition) is 1. The molecule has 0 spiro atoms. The number of halogens is 1. The summed E-state index contributed by atoms with van der Waals surface area (Å²) < 4.78 is 33.0. The van der Waals surface area contributed by atoms with Crippen LogP contribution < -0.4 is 4.72 Å². The van der Waals surface area contributed by atoms with E-state index in [0.29, 0.717) is 6.54 Å². The van der Waals surface area contributed by atoms with Crippen LogP contribution in [0.2, 0.25) is 0 Å². The molecule has 2 rings (SSSR count). The molecule has 18 heavy (non-hydrogen) atoms. The van der Waals surface area contributed by atoms with Crippen molar-refractivity contribution in [3.05, 3.63) is 28.7 Å². The van der Waals surface area contributed by atoms with E-state index >= 15 is 0 Å². The van der Waals surface area contributed by atoms with Crippen molar-refractivity contribution in [2.24, 2.45) is 0 Å². The lowest BCUT2D eigenvalue weighted by Crippen LogP contribution is -2.49. The van der Waals surface area contributed by atoms with Gasteiger partial charge in [0.25, 0.3) is 0 Å². The Kier molecular flexibility index (Phi) is 4.11. The maximum Gasteiger partial charge on any atom is 0.240 e. The zero-order valence-corrected chi connectivity index (χ0v) is 12.6. The SMILES string of the molecule is COC1(CNS(=O)(=O)c2ccc(Br)cc2)CCC1. The second-order valence-corrected chi connectivity index (χ2v) is 7.20. The van der Waals surface area contributed by atoms with Crippen molar-refractivity contribution >= 4 is 26.0 Å². The van der Waals surface area contributed by atoms with Crippen molar-refractivity contribution in [3.8, 4) is 0 Å². The standard InChI is InChI=1S/C12H16BrNO3S/c1-17-12(7-2-8-12)9-14-18(15,16)11-5-3-10(13)4-6-11/h3-6,14H,2,7-9H2,1H3. The van der Waals surface area contributed by atoms with Crippen molar-refractivity contribution in [2.75, 3.05) is 13.7 Å². The van der Waals surface area contributed by atoms with Crippen LogP contribution in [0.25, 0.3) is 0 Å². The Hall–Kier alpha value is -0.430. The molecular weight excluding hydrogens is 318 g/mol. The molecule has 0 heterocycles. The number of nitrogens with one attached hydrogen (secondary N) is 1. The lowest BCUT2D eigenvalue weighted by molar-refractivity contribution is -0.0659. The second kappa shape index (κ2) is 5.28. The van der Waals surface area contributed by atoms with E-state index in [4.69, 9.17) is 4.74 Å². The fraction of sp³-hybridized carbons (Fsp3) is 0.500. The monoisotopic (exact) mass is 333 g/mol. The Bertz CT molecular complexity index is 503. The minimum absolute atomic E-state index is 0.274. The molecule has 4 nitrogen and oxygen atoms in total. The highest BCUT2D eigenvalue weighted by Crippen LogP contribution is 2.34. The quantitative estimate of drug-likeness (QED) is 0.899. The first kappa shape index (κ1) is 14.0. The van der Waals surface area contributed by atoms with Crippen LogP contribution in [0.5, 0.6) is 0 Å². The fourth-order valence-electron chi connectivity index (χ4n) is 1.95. The van der Waals surface area contributed by atoms with Crippen molar-refractivity contribution in [3.63, 3.8) is 0 Å². The van der Waals surface area contributed by atoms with E-state index in [1.54, 1.807) is 31.4 Å². The normalized spacial score (nSPS) is 18.3. The molecule has 1 fully saturated rings. The van der Waals surface area contributed by atoms with Gasteiger partial charge in [-0.2, -0.15) is 0 Å². The first-order chi connectivity index (χ1) is 8.47. The summed E-state index contributed by atoms with van der Waals surface area (Å²) in [6.45, 7) is 0.335. The molecule has 0 amide bonds. The minimum atomic E-state index is -3.45. The first-order valence-corrected chi connectivity index (χ1v) is 8.05. The number of ether oxygens (including phenoxy) is 1. The number of rotatable bonds is 5. The molecule has 1 aliphatic carbocycles. The Morgan fingerprint density at radius 3 is 2.39 bits per heavy atom. The summed E-state index contributed by atoms with van der Waals surface area (Å²) in [5.74, 6) is 0. The minimum Gasteiger partial charge on any atom is -0.377 e. The zero-order chi connectivity index (χ0) is 13.2. The van der Waals surface area contributed by atoms with Gasteiger partial charge in [-0.25, -0.2) is 13.1 Å². The molecule has 0 aromatic heterocycles. The van der Waals surface area contributed by atoms with Gasteiger partial charge in [0.1, 0.15) is 0 Å². The predicted molar refractivity (Wildman–Crippen MR) is 72.9 cm³/mol. The van der Waals surface area contributed by atoms with Crippen molar-refractivity contribution in [2.45, 2.75) is 29.8 Å². The van der Waals surface area contributed by atoms with Crippen LogP contribution in [0.1, 0.15) is 19.3 Å². The van der Waals surface area contributed by atoms with E-state index in [1.165, 1.54) is 0 Å². The van der Waals surface area contributed by atoms with Gasteiger partial charge in [-0.05, 0) is 43.5 Å². The molecule has 100 valence electrons. The largest absolute Gasteiger partial charge is 0.377 e. The molecule has 1 aromatic rings. The number of methoxy groups -OCH3 is 1. The van der Waals surface area contributed by atoms with E-state index in [2.05, 4.69) is 20.7 Å². The third-order valence-corrected chi connectivity index (χ3v) is 5.35. The predicted octanol–water partition coefficient (Wildman–Crippen LogP) is 2.30. The highest BCUT2D eigenvalue weighted by atomic mass is 79.9. The molecule has 1 aromatic carbocycles. The summed E-state index contributed by atoms with van der Waals surface area (Å²) in [4.78, 5) is 0.274. The Labute approximate surface area is 116 Å². The highest BCUT2D eigenvalue weighted by molar-refractivity contribution is 9.10. The van der Waals surface area contributed by atoms with Crippen molar-refractivity contribution in [1.82, 2.24) is 4.72 Å². The van der Waals surface area contributed by atoms with E-state index in [-0.39, 0.29) is 10.5 Å². The van der Waals surface area contributed by atoms with Gasteiger partial charge in [-0.3, -0.25) is 0 Å². The van der Waals surface area contributed by atoms with Gasteiger partial charge in [-0.1, -0.05) is 15.9 Å². The van der Waals surface area contributed by atoms with Crippen molar-refractivity contribution in [1.29, 1.82) is 0 Å². The molecule has 0 aliphatic heterocycles. The zero-order valence-electron chi connectivity index (χ0n) is 10.1. The topological polar surface area (TPSA) is 55.4 Å². The van der Waals surface area contributed by atoms with E-state index in [1.807, 2.05) is 0 Å². The van der Waals surface area contributed by atoms with Crippen LogP contribution in [0, 0.1) is 0 Å². The molecule has 1 N–H and O–H groups in total. The molecule has 0 radical (unpaired) electrons. The summed E-state index contributed by atoms with van der Waals surface area (Å²) in [6.07, 6.45) is 2.91. The van der Waals surface area contributed by atoms with Crippen LogP contribution >= 0.6 is 15.9 Å². The molecule has 0 bridgehead atoms. The maximum atomic E-state index is 12.1. The number of sulfonamides is 1. The summed E-state index contributed by atoms with van der Waals surface area (Å²) in [5, 5.41) is 0. The molecule has 0 unspecified atom stereocenters. The summed E-state index contributed by atoms with van der Waals surface area (Å²) in [5.41, 5.74) is -0.303. The Morgan fingerprint density at radius 2 is 1.94 bits per heavy atom. The van der Waals surface area contributed by atoms with Gasteiger partial charge >= 0.3 is 0 Å². The van der Waals surface area contributed by atoms with Gasteiger partial charge in [0.2, 0.25) is 10.0 Å². The number of benzene rings is 1. The smallest absolute Gasteiger partial charge is 0.240 e. The van der Waals surface area contributed by atoms with Crippen LogP contribution in [0.15, 0.2) is 33.6 Å². The third kappa shape index (κ3) is 2.93. The lowest BCUT2D eigenvalue weighted by atomic mass is 9.80. The van der Waals surface area contributed by atoms with E-state index in [9.17, 15) is 8.42 Å². The Morgan fingerprint density at radius 1 is 1.33 bits per heavy atom. The van der Waals surface area contributed by atoms with Crippen molar-refractivity contribution < 1.29 is 13.2 Å². The van der Waals surface area contributed by atoms with Gasteiger partial charge in [-0.15, -0.1) is 0 Å². The average molecular weight is 334 g/mol. The first-order valence-electron chi connectivity index (χ1n) is 5.78. The van der Waals surface area contributed by atoms with Crippen LogP contribution in [-0.4, -0.2) is 27.7 Å². The maximum absolute atomic E-state index is 12.1. The van der Waals surface area contributed by atoms with E-state index in [0.717, 1.165) is 23.7 Å².